The second kappa shape index (κ2) is 9.38. The lowest BCUT2D eigenvalue weighted by Crippen LogP contribution is -2.17. The molecule has 0 radical (unpaired) electrons. The molecular formula is C25H23N3O4S. The Morgan fingerprint density at radius 2 is 1.91 bits per heavy atom. The maximum atomic E-state index is 12.6. The molecule has 33 heavy (non-hydrogen) atoms. The highest BCUT2D eigenvalue weighted by molar-refractivity contribution is 8.18. The summed E-state index contributed by atoms with van der Waals surface area (Å²) in [6.07, 6.45) is 3.58. The number of benzene rings is 2. The first-order valence-electron chi connectivity index (χ1n) is 10.4. The van der Waals surface area contributed by atoms with Gasteiger partial charge in [0.05, 0.1) is 17.2 Å². The summed E-state index contributed by atoms with van der Waals surface area (Å²) in [5.74, 6) is -1.27. The van der Waals surface area contributed by atoms with E-state index in [4.69, 9.17) is 10.5 Å². The van der Waals surface area contributed by atoms with Crippen LogP contribution in [0.1, 0.15) is 18.1 Å². The van der Waals surface area contributed by atoms with Crippen LogP contribution in [0.25, 0.3) is 17.0 Å². The molecule has 3 N–H and O–H groups in total. The largest absolute Gasteiger partial charge is 0.506 e. The number of rotatable bonds is 6. The number of esters is 1. The van der Waals surface area contributed by atoms with E-state index in [1.54, 1.807) is 23.8 Å². The summed E-state index contributed by atoms with van der Waals surface area (Å²) in [4.78, 5) is 29.2. The third-order valence-corrected chi connectivity index (χ3v) is 6.09. The topological polar surface area (TPSA) is 107 Å². The number of hydrogen-bond donors (Lipinski definition) is 2. The van der Waals surface area contributed by atoms with Crippen molar-refractivity contribution in [3.8, 4) is 0 Å². The highest BCUT2D eigenvalue weighted by Crippen LogP contribution is 2.41. The minimum absolute atomic E-state index is 0.0346. The fourth-order valence-corrected chi connectivity index (χ4v) is 4.58. The Hall–Kier alpha value is -3.78. The zero-order valence-corrected chi connectivity index (χ0v) is 19.1. The molecule has 1 aromatic heterocycles. The van der Waals surface area contributed by atoms with Gasteiger partial charge in [-0.05, 0) is 38.1 Å². The van der Waals surface area contributed by atoms with Crippen molar-refractivity contribution >= 4 is 51.3 Å². The van der Waals surface area contributed by atoms with Crippen LogP contribution in [0.5, 0.6) is 0 Å². The predicted octanol–water partition coefficient (Wildman–Crippen LogP) is 4.63. The number of carbonyl (C=O) groups excluding carboxylic acids is 2. The second-order valence-electron chi connectivity index (χ2n) is 7.50. The molecule has 7 nitrogen and oxygen atoms in total. The van der Waals surface area contributed by atoms with E-state index in [9.17, 15) is 14.7 Å². The number of aliphatic hydroxyl groups excluding tert-OH is 1. The SMILES string of the molecule is CCOC(=O)C1=C(O)/C(=C/c2cn(CC(N)=O)c3ccccc23)SC1=Nc1ccc(C)cc1. The quantitative estimate of drug-likeness (QED) is 0.521. The third-order valence-electron chi connectivity index (χ3n) is 5.07. The van der Waals surface area contributed by atoms with Crippen LogP contribution in [0.2, 0.25) is 0 Å². The molecule has 0 aliphatic carbocycles. The Kier molecular flexibility index (Phi) is 6.37. The molecule has 4 rings (SSSR count). The number of aliphatic imine (C=N–C) groups is 1. The van der Waals surface area contributed by atoms with Crippen LogP contribution in [0.4, 0.5) is 5.69 Å². The van der Waals surface area contributed by atoms with E-state index < -0.39 is 11.9 Å². The molecule has 0 saturated carbocycles. The predicted molar refractivity (Wildman–Crippen MR) is 131 cm³/mol. The Balaban J connectivity index is 1.80. The zero-order valence-electron chi connectivity index (χ0n) is 18.2. The number of aromatic nitrogens is 1. The maximum absolute atomic E-state index is 12.6. The van der Waals surface area contributed by atoms with Crippen molar-refractivity contribution < 1.29 is 19.4 Å². The van der Waals surface area contributed by atoms with Crippen LogP contribution in [0, 0.1) is 6.92 Å². The molecule has 1 aliphatic rings. The van der Waals surface area contributed by atoms with E-state index in [2.05, 4.69) is 4.99 Å². The zero-order chi connectivity index (χ0) is 23.5. The summed E-state index contributed by atoms with van der Waals surface area (Å²) < 4.78 is 6.93. The molecule has 0 saturated heterocycles. The molecule has 2 aromatic carbocycles. The van der Waals surface area contributed by atoms with Gasteiger partial charge in [0.15, 0.2) is 0 Å². The number of ether oxygens (including phenoxy) is 1. The van der Waals surface area contributed by atoms with Gasteiger partial charge in [-0.2, -0.15) is 0 Å². The van der Waals surface area contributed by atoms with Crippen LogP contribution in [-0.2, 0) is 20.9 Å². The van der Waals surface area contributed by atoms with Crippen molar-refractivity contribution in [1.29, 1.82) is 0 Å². The molecule has 1 amide bonds. The number of carbonyl (C=O) groups is 2. The van der Waals surface area contributed by atoms with Crippen molar-refractivity contribution in [2.45, 2.75) is 20.4 Å². The summed E-state index contributed by atoms with van der Waals surface area (Å²) in [5, 5.41) is 12.2. The van der Waals surface area contributed by atoms with Crippen LogP contribution < -0.4 is 5.73 Å². The fourth-order valence-electron chi connectivity index (χ4n) is 3.56. The van der Waals surface area contributed by atoms with Crippen molar-refractivity contribution in [3.05, 3.63) is 82.1 Å². The highest BCUT2D eigenvalue weighted by atomic mass is 32.2. The number of nitrogens with two attached hydrogens (primary N) is 1. The summed E-state index contributed by atoms with van der Waals surface area (Å²) in [6, 6.07) is 15.1. The normalized spacial score (nSPS) is 16.2. The third kappa shape index (κ3) is 4.70. The molecule has 8 heteroatoms. The smallest absolute Gasteiger partial charge is 0.344 e. The molecule has 0 unspecified atom stereocenters. The minimum Gasteiger partial charge on any atom is -0.506 e. The van der Waals surface area contributed by atoms with Gasteiger partial charge in [-0.3, -0.25) is 4.79 Å². The summed E-state index contributed by atoms with van der Waals surface area (Å²) >= 11 is 1.19. The lowest BCUT2D eigenvalue weighted by Gasteiger charge is -2.04. The number of amides is 1. The van der Waals surface area contributed by atoms with Gasteiger partial charge >= 0.3 is 5.97 Å². The van der Waals surface area contributed by atoms with E-state index in [0.717, 1.165) is 22.0 Å². The first-order chi connectivity index (χ1) is 15.9. The van der Waals surface area contributed by atoms with E-state index in [1.165, 1.54) is 11.8 Å². The first kappa shape index (κ1) is 22.4. The number of fused-ring (bicyclic) bond motifs is 1. The first-order valence-corrected chi connectivity index (χ1v) is 11.2. The molecule has 0 bridgehead atoms. The summed E-state index contributed by atoms with van der Waals surface area (Å²) in [7, 11) is 0. The number of primary amides is 1. The van der Waals surface area contributed by atoms with Gasteiger partial charge < -0.3 is 20.1 Å². The number of para-hydroxylation sites is 1. The molecule has 0 spiro atoms. The van der Waals surface area contributed by atoms with E-state index >= 15 is 0 Å². The monoisotopic (exact) mass is 461 g/mol. The lowest BCUT2D eigenvalue weighted by molar-refractivity contribution is -0.138. The molecular weight excluding hydrogens is 438 g/mol. The molecule has 0 fully saturated rings. The Morgan fingerprint density at radius 1 is 1.18 bits per heavy atom. The molecule has 3 aromatic rings. The molecule has 2 heterocycles. The van der Waals surface area contributed by atoms with E-state index in [1.807, 2.05) is 55.5 Å². The van der Waals surface area contributed by atoms with Crippen molar-refractivity contribution in [1.82, 2.24) is 4.57 Å². The van der Waals surface area contributed by atoms with Gasteiger partial charge in [0.2, 0.25) is 5.91 Å². The van der Waals surface area contributed by atoms with Crippen molar-refractivity contribution in [2.24, 2.45) is 10.7 Å². The Bertz CT molecular complexity index is 1330. The number of hydrogen-bond acceptors (Lipinski definition) is 6. The number of aliphatic hydroxyl groups is 1. The fraction of sp³-hybridized carbons (Fsp3) is 0.160. The second-order valence-corrected chi connectivity index (χ2v) is 8.53. The number of aryl methyl sites for hydroxylation is 1. The van der Waals surface area contributed by atoms with Gasteiger partial charge in [0, 0.05) is 22.7 Å². The summed E-state index contributed by atoms with van der Waals surface area (Å²) in [5.41, 5.74) is 8.81. The number of nitrogens with zero attached hydrogens (tertiary/aromatic N) is 2. The summed E-state index contributed by atoms with van der Waals surface area (Å²) in [6.45, 7) is 3.90. The van der Waals surface area contributed by atoms with Crippen LogP contribution >= 0.6 is 11.8 Å². The average molecular weight is 462 g/mol. The standard InChI is InChI=1S/C25H23N3O4S/c1-3-32-25(31)22-23(30)20(33-24(22)27-17-10-8-15(2)9-11-17)12-16-13-28(14-21(26)29)19-7-5-4-6-18(16)19/h4-13,30H,3,14H2,1-2H3,(H2,26,29)/b20-12-,27-24?. The van der Waals surface area contributed by atoms with Crippen LogP contribution in [-0.4, -0.2) is 33.2 Å². The van der Waals surface area contributed by atoms with Crippen LogP contribution in [0.3, 0.4) is 0 Å². The van der Waals surface area contributed by atoms with E-state index in [-0.39, 0.29) is 24.5 Å². The number of thioether (sulfide) groups is 1. The highest BCUT2D eigenvalue weighted by Gasteiger charge is 2.33. The van der Waals surface area contributed by atoms with Gasteiger partial charge in [-0.1, -0.05) is 47.7 Å². The van der Waals surface area contributed by atoms with Gasteiger partial charge in [-0.25, -0.2) is 9.79 Å². The average Bonchev–Trinajstić information content (AvgIpc) is 3.27. The van der Waals surface area contributed by atoms with E-state index in [0.29, 0.717) is 15.6 Å². The van der Waals surface area contributed by atoms with Crippen LogP contribution in [0.15, 0.2) is 76.0 Å². The molecule has 0 atom stereocenters. The van der Waals surface area contributed by atoms with Crippen molar-refractivity contribution in [2.75, 3.05) is 6.61 Å². The lowest BCUT2D eigenvalue weighted by atomic mass is 10.1. The maximum Gasteiger partial charge on any atom is 0.344 e. The Labute approximate surface area is 195 Å². The van der Waals surface area contributed by atoms with Gasteiger partial charge in [0.1, 0.15) is 22.9 Å². The molecule has 168 valence electrons. The van der Waals surface area contributed by atoms with Gasteiger partial charge in [0.25, 0.3) is 0 Å². The molecule has 1 aliphatic heterocycles. The van der Waals surface area contributed by atoms with Gasteiger partial charge in [-0.15, -0.1) is 0 Å². The van der Waals surface area contributed by atoms with Crippen molar-refractivity contribution in [3.63, 3.8) is 0 Å². The minimum atomic E-state index is -0.632. The Morgan fingerprint density at radius 3 is 2.61 bits per heavy atom.